The molecule has 2 heterocycles. The Balaban J connectivity index is 2.10. The largest absolute Gasteiger partial charge is 0.460 e. The van der Waals surface area contributed by atoms with Crippen LogP contribution in [0.5, 0.6) is 0 Å². The number of likely N-dealkylation sites (N-methyl/N-ethyl adjacent to an activating group) is 1. The molecule has 1 aromatic carbocycles. The molecule has 0 unspecified atom stereocenters. The van der Waals surface area contributed by atoms with E-state index in [-0.39, 0.29) is 24.8 Å². The average molecular weight is 672 g/mol. The van der Waals surface area contributed by atoms with E-state index in [1.165, 1.54) is 23.8 Å². The van der Waals surface area contributed by atoms with E-state index >= 15 is 0 Å². The van der Waals surface area contributed by atoms with Gasteiger partial charge in [-0.1, -0.05) is 71.4 Å². The Labute approximate surface area is 284 Å². The first-order valence-corrected chi connectivity index (χ1v) is 17.0. The molecular formula is C36H53N3O9. The Hall–Kier alpha value is -3.96. The fourth-order valence-electron chi connectivity index (χ4n) is 6.28. The second kappa shape index (κ2) is 16.4. The van der Waals surface area contributed by atoms with Crippen molar-refractivity contribution in [1.82, 2.24) is 15.1 Å². The first-order valence-electron chi connectivity index (χ1n) is 17.0. The lowest BCUT2D eigenvalue weighted by Gasteiger charge is -2.36. The third kappa shape index (κ3) is 8.93. The summed E-state index contributed by atoms with van der Waals surface area (Å²) in [5.41, 5.74) is -0.656. The Bertz CT molecular complexity index is 1330. The molecule has 3 amide bonds. The molecule has 1 N–H and O–H groups in total. The quantitative estimate of drug-likeness (QED) is 0.355. The van der Waals surface area contributed by atoms with E-state index in [0.717, 1.165) is 5.56 Å². The number of hydrogen-bond donors (Lipinski definition) is 1. The molecule has 1 aromatic rings. The molecule has 0 bridgehead atoms. The van der Waals surface area contributed by atoms with Crippen molar-refractivity contribution >= 4 is 35.6 Å². The lowest BCUT2D eigenvalue weighted by Crippen LogP contribution is -2.59. The maximum Gasteiger partial charge on any atom is 0.347 e. The SMILES string of the molecule is CCC[C@@H]1OC(=O)[C@H](C(C)C)NC(=O)[C@@H](C(C)C)N(C)C(=O)[C@@H]2CCCN2C(=O)[C@H](Cc2ccccc2)OC(=O)[C@H](C)OC(=O)C1(C)C. The highest BCUT2D eigenvalue weighted by atomic mass is 16.6. The highest BCUT2D eigenvalue weighted by molar-refractivity contribution is 5.95. The summed E-state index contributed by atoms with van der Waals surface area (Å²) in [5.74, 6) is -4.72. The van der Waals surface area contributed by atoms with Crippen LogP contribution in [0.15, 0.2) is 30.3 Å². The van der Waals surface area contributed by atoms with Crippen molar-refractivity contribution < 1.29 is 43.0 Å². The predicted molar refractivity (Wildman–Crippen MR) is 177 cm³/mol. The van der Waals surface area contributed by atoms with Gasteiger partial charge in [0.1, 0.15) is 24.2 Å². The number of nitrogens with zero attached hydrogens (tertiary/aromatic N) is 2. The summed E-state index contributed by atoms with van der Waals surface area (Å²) in [6, 6.07) is 6.08. The molecule has 0 aliphatic carbocycles. The summed E-state index contributed by atoms with van der Waals surface area (Å²) >= 11 is 0. The van der Waals surface area contributed by atoms with Crippen LogP contribution in [0.2, 0.25) is 0 Å². The summed E-state index contributed by atoms with van der Waals surface area (Å²) < 4.78 is 17.3. The number of carbonyl (C=O) groups excluding carboxylic acids is 6. The number of hydrogen-bond acceptors (Lipinski definition) is 9. The molecule has 2 fully saturated rings. The van der Waals surface area contributed by atoms with E-state index in [4.69, 9.17) is 14.2 Å². The van der Waals surface area contributed by atoms with Crippen molar-refractivity contribution in [2.24, 2.45) is 17.3 Å². The summed E-state index contributed by atoms with van der Waals surface area (Å²) in [7, 11) is 1.52. The van der Waals surface area contributed by atoms with Gasteiger partial charge >= 0.3 is 17.9 Å². The number of esters is 3. The predicted octanol–water partition coefficient (Wildman–Crippen LogP) is 3.44. The van der Waals surface area contributed by atoms with Crippen LogP contribution in [-0.2, 0) is 49.4 Å². The van der Waals surface area contributed by atoms with Gasteiger partial charge in [-0.25, -0.2) is 9.59 Å². The molecule has 6 atom stereocenters. The fraction of sp³-hybridized carbons (Fsp3) is 0.667. The van der Waals surface area contributed by atoms with Gasteiger partial charge in [0.2, 0.25) is 11.8 Å². The van der Waals surface area contributed by atoms with Crippen molar-refractivity contribution in [2.75, 3.05) is 13.6 Å². The van der Waals surface area contributed by atoms with Gasteiger partial charge in [0.25, 0.3) is 5.91 Å². The van der Waals surface area contributed by atoms with Gasteiger partial charge in [-0.3, -0.25) is 19.2 Å². The van der Waals surface area contributed by atoms with Gasteiger partial charge in [-0.2, -0.15) is 0 Å². The molecule has 2 aliphatic rings. The van der Waals surface area contributed by atoms with Crippen LogP contribution in [-0.4, -0.2) is 95.5 Å². The average Bonchev–Trinajstić information content (AvgIpc) is 3.52. The zero-order chi connectivity index (χ0) is 35.9. The molecule has 12 heteroatoms. The van der Waals surface area contributed by atoms with Crippen LogP contribution < -0.4 is 5.32 Å². The topological polar surface area (TPSA) is 149 Å². The van der Waals surface area contributed by atoms with Gasteiger partial charge in [0, 0.05) is 20.0 Å². The molecular weight excluding hydrogens is 618 g/mol. The van der Waals surface area contributed by atoms with Crippen molar-refractivity contribution in [1.29, 1.82) is 0 Å². The second-order valence-electron chi connectivity index (χ2n) is 14.2. The van der Waals surface area contributed by atoms with E-state index in [2.05, 4.69) is 5.32 Å². The number of fused-ring (bicyclic) bond motifs is 1. The van der Waals surface area contributed by atoms with Crippen LogP contribution in [0.3, 0.4) is 0 Å². The molecule has 0 aromatic heterocycles. The van der Waals surface area contributed by atoms with Gasteiger partial charge < -0.3 is 29.3 Å². The highest BCUT2D eigenvalue weighted by Gasteiger charge is 2.46. The molecule has 0 radical (unpaired) electrons. The van der Waals surface area contributed by atoms with Crippen molar-refractivity contribution in [2.45, 2.75) is 124 Å². The minimum absolute atomic E-state index is 0.0347. The summed E-state index contributed by atoms with van der Waals surface area (Å²) in [5, 5.41) is 2.81. The van der Waals surface area contributed by atoms with Gasteiger partial charge in [0.15, 0.2) is 12.2 Å². The number of benzene rings is 1. The molecule has 2 saturated heterocycles. The third-order valence-electron chi connectivity index (χ3n) is 9.26. The van der Waals surface area contributed by atoms with Crippen molar-refractivity contribution in [3.63, 3.8) is 0 Å². The summed E-state index contributed by atoms with van der Waals surface area (Å²) in [6.45, 7) is 13.7. The van der Waals surface area contributed by atoms with Crippen molar-refractivity contribution in [3.05, 3.63) is 35.9 Å². The number of nitrogens with one attached hydrogen (secondary N) is 1. The van der Waals surface area contributed by atoms with Crippen LogP contribution in [0.25, 0.3) is 0 Å². The standard InChI is InChI=1S/C36H53N3O9/c1-10-15-27-36(7,8)35(45)46-23(6)33(43)47-26(20-24-16-12-11-13-17-24)32(42)39-19-14-18-25(39)31(41)38(9)29(22(4)5)30(40)37-28(21(2)3)34(44)48-27/h11-13,16-17,21-23,25-29H,10,14-15,18-20H2,1-9H3,(H,37,40)/t23-,25-,26-,27-,28-,29+/m0/s1. The fourth-order valence-corrected chi connectivity index (χ4v) is 6.28. The highest BCUT2D eigenvalue weighted by Crippen LogP contribution is 2.31. The van der Waals surface area contributed by atoms with E-state index in [0.29, 0.717) is 25.7 Å². The molecule has 48 heavy (non-hydrogen) atoms. The minimum Gasteiger partial charge on any atom is -0.460 e. The molecule has 0 saturated carbocycles. The zero-order valence-corrected chi connectivity index (χ0v) is 29.8. The number of cyclic esters (lactones) is 3. The van der Waals surface area contributed by atoms with E-state index in [9.17, 15) is 28.8 Å². The Kier molecular flexibility index (Phi) is 13.2. The minimum atomic E-state index is -1.39. The number of carbonyl (C=O) groups is 6. The summed E-state index contributed by atoms with van der Waals surface area (Å²) in [6.07, 6.45) is -1.85. The van der Waals surface area contributed by atoms with Crippen molar-refractivity contribution in [3.8, 4) is 0 Å². The molecule has 3 rings (SSSR count). The number of amides is 3. The lowest BCUT2D eigenvalue weighted by atomic mass is 9.84. The van der Waals surface area contributed by atoms with Gasteiger partial charge in [-0.15, -0.1) is 0 Å². The Morgan fingerprint density at radius 3 is 2.12 bits per heavy atom. The maximum atomic E-state index is 14.1. The first-order chi connectivity index (χ1) is 22.5. The lowest BCUT2D eigenvalue weighted by molar-refractivity contribution is -0.185. The first kappa shape index (κ1) is 38.5. The number of ether oxygens (including phenoxy) is 3. The van der Waals surface area contributed by atoms with E-state index in [1.54, 1.807) is 65.8 Å². The van der Waals surface area contributed by atoms with Crippen LogP contribution in [0, 0.1) is 17.3 Å². The Morgan fingerprint density at radius 2 is 1.54 bits per heavy atom. The third-order valence-corrected chi connectivity index (χ3v) is 9.26. The van der Waals surface area contributed by atoms with E-state index in [1.807, 2.05) is 13.0 Å². The zero-order valence-electron chi connectivity index (χ0n) is 29.8. The van der Waals surface area contributed by atoms with Crippen LogP contribution in [0.4, 0.5) is 0 Å². The monoisotopic (exact) mass is 671 g/mol. The van der Waals surface area contributed by atoms with Crippen LogP contribution >= 0.6 is 0 Å². The molecule has 0 spiro atoms. The molecule has 12 nitrogen and oxygen atoms in total. The van der Waals surface area contributed by atoms with Gasteiger partial charge in [-0.05, 0) is 57.4 Å². The summed E-state index contributed by atoms with van der Waals surface area (Å²) in [4.78, 5) is 85.4. The molecule has 266 valence electrons. The second-order valence-corrected chi connectivity index (χ2v) is 14.2. The molecule has 2 aliphatic heterocycles. The Morgan fingerprint density at radius 1 is 0.896 bits per heavy atom. The maximum absolute atomic E-state index is 14.1. The smallest absolute Gasteiger partial charge is 0.347 e. The van der Waals surface area contributed by atoms with Crippen LogP contribution in [0.1, 0.15) is 86.6 Å². The number of rotatable bonds is 6. The van der Waals surface area contributed by atoms with Gasteiger partial charge in [0.05, 0.1) is 5.41 Å². The normalized spacial score (nSPS) is 28.2. The van der Waals surface area contributed by atoms with E-state index < -0.39 is 77.5 Å².